The maximum atomic E-state index is 6.13. The van der Waals surface area contributed by atoms with Crippen LogP contribution in [0.5, 0.6) is 0 Å². The Morgan fingerprint density at radius 1 is 1.04 bits per heavy atom. The lowest BCUT2D eigenvalue weighted by Crippen LogP contribution is -2.43. The summed E-state index contributed by atoms with van der Waals surface area (Å²) in [6.45, 7) is 0.664. The molecule has 0 saturated heterocycles. The molecule has 0 amide bonds. The first-order chi connectivity index (χ1) is 12.6. The Balaban J connectivity index is 1.70. The summed E-state index contributed by atoms with van der Waals surface area (Å²) < 4.78 is 2.18. The predicted molar refractivity (Wildman–Crippen MR) is 117 cm³/mol. The smallest absolute Gasteiger partial charge is 0.108 e. The van der Waals surface area contributed by atoms with E-state index in [-0.39, 0.29) is 5.41 Å². The molecule has 1 aliphatic heterocycles. The Labute approximate surface area is 176 Å². The van der Waals surface area contributed by atoms with Crippen LogP contribution in [0.2, 0.25) is 5.02 Å². The molecule has 5 heteroatoms. The molecule has 2 nitrogen and oxygen atoms in total. The van der Waals surface area contributed by atoms with Crippen LogP contribution in [0.3, 0.4) is 0 Å². The lowest BCUT2D eigenvalue weighted by Gasteiger charge is -2.43. The minimum atomic E-state index is 0.150. The van der Waals surface area contributed by atoms with Crippen LogP contribution in [0.25, 0.3) is 0 Å². The van der Waals surface area contributed by atoms with Crippen LogP contribution in [0.1, 0.15) is 43.2 Å². The average Bonchev–Trinajstić information content (AvgIpc) is 2.62. The minimum Gasteiger partial charge on any atom is -0.343 e. The molecule has 2 aromatic rings. The number of hydrogen-bond donors (Lipinski definition) is 1. The zero-order chi connectivity index (χ0) is 18.1. The first-order valence-corrected chi connectivity index (χ1v) is 11.1. The number of rotatable bonds is 2. The molecule has 1 heterocycles. The number of aliphatic imine (C=N–C) groups is 1. The van der Waals surface area contributed by atoms with E-state index < -0.39 is 0 Å². The molecule has 1 fully saturated rings. The van der Waals surface area contributed by atoms with Gasteiger partial charge in [0.05, 0.1) is 6.54 Å². The van der Waals surface area contributed by atoms with Crippen molar-refractivity contribution in [2.75, 3.05) is 5.32 Å². The molecule has 2 aliphatic rings. The van der Waals surface area contributed by atoms with Crippen LogP contribution < -0.4 is 5.32 Å². The van der Waals surface area contributed by atoms with E-state index >= 15 is 0 Å². The fraction of sp³-hybridized carbons (Fsp3) is 0.381. The van der Waals surface area contributed by atoms with E-state index in [9.17, 15) is 0 Å². The van der Waals surface area contributed by atoms with Gasteiger partial charge in [-0.05, 0) is 86.5 Å². The lowest BCUT2D eigenvalue weighted by molar-refractivity contribution is 0.278. The SMILES string of the molecule is Clc1cccc(CN=C2Nc3cc(Br)c(Br)cc3CC23CCCCC3)c1. The van der Waals surface area contributed by atoms with Crippen LogP contribution in [0, 0.1) is 5.41 Å². The molecular weight excluding hydrogens is 476 g/mol. The van der Waals surface area contributed by atoms with Crippen molar-refractivity contribution in [1.82, 2.24) is 0 Å². The molecule has 4 rings (SSSR count). The number of hydrogen-bond acceptors (Lipinski definition) is 1. The van der Waals surface area contributed by atoms with E-state index in [0.717, 1.165) is 31.8 Å². The van der Waals surface area contributed by atoms with Gasteiger partial charge in [-0.3, -0.25) is 4.99 Å². The largest absolute Gasteiger partial charge is 0.343 e. The third kappa shape index (κ3) is 3.74. The summed E-state index contributed by atoms with van der Waals surface area (Å²) in [6.07, 6.45) is 7.38. The maximum Gasteiger partial charge on any atom is 0.108 e. The van der Waals surface area contributed by atoms with Crippen LogP contribution >= 0.6 is 43.5 Å². The van der Waals surface area contributed by atoms with Gasteiger partial charge in [0, 0.05) is 25.1 Å². The molecule has 0 radical (unpaired) electrons. The quantitative estimate of drug-likeness (QED) is 0.461. The third-order valence-corrected chi connectivity index (χ3v) is 7.63. The molecule has 2 aromatic carbocycles. The Kier molecular flexibility index (Phi) is 5.45. The average molecular weight is 497 g/mol. The van der Waals surface area contributed by atoms with Crippen molar-refractivity contribution in [2.24, 2.45) is 10.4 Å². The van der Waals surface area contributed by atoms with Gasteiger partial charge in [0.2, 0.25) is 0 Å². The molecule has 136 valence electrons. The van der Waals surface area contributed by atoms with Gasteiger partial charge in [-0.2, -0.15) is 0 Å². The van der Waals surface area contributed by atoms with Crippen LogP contribution in [0.15, 0.2) is 50.3 Å². The van der Waals surface area contributed by atoms with Crippen molar-refractivity contribution in [3.8, 4) is 0 Å². The van der Waals surface area contributed by atoms with E-state index in [2.05, 4.69) is 55.4 Å². The second-order valence-electron chi connectivity index (χ2n) is 7.36. The molecule has 1 spiro atoms. The number of nitrogens with one attached hydrogen (secondary N) is 1. The van der Waals surface area contributed by atoms with Gasteiger partial charge in [0.25, 0.3) is 0 Å². The van der Waals surface area contributed by atoms with Crippen molar-refractivity contribution in [1.29, 1.82) is 0 Å². The standard InChI is InChI=1S/C21H21Br2ClN2/c22-17-10-15-12-21(7-2-1-3-8-21)20(26-19(15)11-18(17)23)25-13-14-5-4-6-16(24)9-14/h4-6,9-11H,1-3,7-8,12-13H2,(H,25,26). The number of fused-ring (bicyclic) bond motifs is 1. The van der Waals surface area contributed by atoms with E-state index in [4.69, 9.17) is 16.6 Å². The molecule has 0 aromatic heterocycles. The number of benzene rings is 2. The summed E-state index contributed by atoms with van der Waals surface area (Å²) in [6, 6.07) is 12.4. The molecule has 1 N–H and O–H groups in total. The summed E-state index contributed by atoms with van der Waals surface area (Å²) in [4.78, 5) is 5.04. The first-order valence-electron chi connectivity index (χ1n) is 9.10. The summed E-state index contributed by atoms with van der Waals surface area (Å²) in [5, 5.41) is 4.45. The van der Waals surface area contributed by atoms with Crippen molar-refractivity contribution in [3.05, 3.63) is 61.5 Å². The second-order valence-corrected chi connectivity index (χ2v) is 9.51. The van der Waals surface area contributed by atoms with Gasteiger partial charge in [-0.15, -0.1) is 0 Å². The molecule has 1 saturated carbocycles. The Bertz CT molecular complexity index is 857. The molecule has 0 bridgehead atoms. The third-order valence-electron chi connectivity index (χ3n) is 5.55. The summed E-state index contributed by atoms with van der Waals surface area (Å²) in [7, 11) is 0. The van der Waals surface area contributed by atoms with Gasteiger partial charge >= 0.3 is 0 Å². The van der Waals surface area contributed by atoms with Crippen molar-refractivity contribution in [2.45, 2.75) is 45.1 Å². The maximum absolute atomic E-state index is 6.13. The molecule has 0 atom stereocenters. The number of nitrogens with zero attached hydrogens (tertiary/aromatic N) is 1. The highest BCUT2D eigenvalue weighted by Crippen LogP contribution is 2.46. The van der Waals surface area contributed by atoms with Gasteiger partial charge < -0.3 is 5.32 Å². The second kappa shape index (κ2) is 7.65. The summed E-state index contributed by atoms with van der Waals surface area (Å²) in [5.41, 5.74) is 3.85. The summed E-state index contributed by atoms with van der Waals surface area (Å²) in [5.74, 6) is 1.15. The Morgan fingerprint density at radius 3 is 2.58 bits per heavy atom. The van der Waals surface area contributed by atoms with Crippen molar-refractivity contribution >= 4 is 55.0 Å². The van der Waals surface area contributed by atoms with Gasteiger partial charge in [-0.25, -0.2) is 0 Å². The van der Waals surface area contributed by atoms with Gasteiger partial charge in [0.15, 0.2) is 0 Å². The first kappa shape index (κ1) is 18.5. The molecule has 0 unspecified atom stereocenters. The van der Waals surface area contributed by atoms with Crippen molar-refractivity contribution < 1.29 is 0 Å². The van der Waals surface area contributed by atoms with Gasteiger partial charge in [0.1, 0.15) is 5.84 Å². The molecule has 1 aliphatic carbocycles. The number of halogens is 3. The van der Waals surface area contributed by atoms with Crippen LogP contribution in [-0.2, 0) is 13.0 Å². The lowest BCUT2D eigenvalue weighted by atomic mass is 9.67. The highest BCUT2D eigenvalue weighted by Gasteiger charge is 2.41. The monoisotopic (exact) mass is 494 g/mol. The van der Waals surface area contributed by atoms with Crippen LogP contribution in [-0.4, -0.2) is 5.84 Å². The summed E-state index contributed by atoms with van der Waals surface area (Å²) >= 11 is 13.4. The van der Waals surface area contributed by atoms with Crippen molar-refractivity contribution in [3.63, 3.8) is 0 Å². The highest BCUT2D eigenvalue weighted by atomic mass is 79.9. The highest BCUT2D eigenvalue weighted by molar-refractivity contribution is 9.13. The normalized spacial score (nSPS) is 20.0. The zero-order valence-corrected chi connectivity index (χ0v) is 18.4. The van der Waals surface area contributed by atoms with Crippen LogP contribution in [0.4, 0.5) is 5.69 Å². The van der Waals surface area contributed by atoms with E-state index in [1.165, 1.54) is 43.4 Å². The predicted octanol–water partition coefficient (Wildman–Crippen LogP) is 7.38. The number of anilines is 1. The van der Waals surface area contributed by atoms with E-state index in [0.29, 0.717) is 6.54 Å². The van der Waals surface area contributed by atoms with Gasteiger partial charge in [-0.1, -0.05) is 43.0 Å². The zero-order valence-electron chi connectivity index (χ0n) is 14.5. The fourth-order valence-electron chi connectivity index (χ4n) is 4.21. The van der Waals surface area contributed by atoms with E-state index in [1.54, 1.807) is 0 Å². The minimum absolute atomic E-state index is 0.150. The molecular formula is C21H21Br2ClN2. The number of amidine groups is 1. The molecule has 26 heavy (non-hydrogen) atoms. The Hall–Kier alpha value is -0.840. The topological polar surface area (TPSA) is 24.4 Å². The Morgan fingerprint density at radius 2 is 1.81 bits per heavy atom. The fourth-order valence-corrected chi connectivity index (χ4v) is 5.16. The van der Waals surface area contributed by atoms with E-state index in [1.807, 2.05) is 18.2 Å².